The number of rotatable bonds is 6. The lowest BCUT2D eigenvalue weighted by Gasteiger charge is -2.32. The summed E-state index contributed by atoms with van der Waals surface area (Å²) in [6.07, 6.45) is -1.19. The summed E-state index contributed by atoms with van der Waals surface area (Å²) < 4.78 is 11.1. The summed E-state index contributed by atoms with van der Waals surface area (Å²) in [6, 6.07) is 14.6. The molecule has 1 heterocycles. The molecule has 0 radical (unpaired) electrons. The van der Waals surface area contributed by atoms with Crippen molar-refractivity contribution in [3.05, 3.63) is 76.9 Å². The van der Waals surface area contributed by atoms with Crippen LogP contribution in [0.15, 0.2) is 54.6 Å². The molecule has 3 aromatic rings. The summed E-state index contributed by atoms with van der Waals surface area (Å²) in [4.78, 5) is 13.1. The number of carbonyl (C=O) groups is 1. The Labute approximate surface area is 185 Å². The zero-order chi connectivity index (χ0) is 22.8. The molecule has 1 aliphatic heterocycles. The third-order valence-corrected chi connectivity index (χ3v) is 5.65. The van der Waals surface area contributed by atoms with E-state index in [2.05, 4.69) is 0 Å². The standard InChI is InChI=1S/C25H24O7/c1-31-17-9-2-14(3-10-17)4-11-19(27)23-21(29)13-20(28)18-12-22(30)24(32-25(18)23)15-5-7-16(26)8-6-15/h2-3,5-10,13,22,24,26,28-30H,4,11-12H2,1H3. The fourth-order valence-corrected chi connectivity index (χ4v) is 3.92. The number of phenolic OH excluding ortho intramolecular Hbond substituents is 3. The molecule has 7 heteroatoms. The smallest absolute Gasteiger partial charge is 0.170 e. The minimum absolute atomic E-state index is 0.0120. The van der Waals surface area contributed by atoms with Crippen LogP contribution >= 0.6 is 0 Å². The number of fused-ring (bicyclic) bond motifs is 1. The van der Waals surface area contributed by atoms with Crippen LogP contribution in [0.5, 0.6) is 28.7 Å². The molecule has 1 aliphatic rings. The second kappa shape index (κ2) is 8.80. The van der Waals surface area contributed by atoms with Gasteiger partial charge >= 0.3 is 0 Å². The first-order valence-electron chi connectivity index (χ1n) is 10.2. The van der Waals surface area contributed by atoms with Crippen LogP contribution in [0, 0.1) is 0 Å². The van der Waals surface area contributed by atoms with Crippen LogP contribution in [-0.2, 0) is 12.8 Å². The Kier molecular flexibility index (Phi) is 5.92. The van der Waals surface area contributed by atoms with E-state index in [9.17, 15) is 25.2 Å². The number of phenols is 3. The molecule has 3 aromatic carbocycles. The van der Waals surface area contributed by atoms with Gasteiger partial charge in [0.1, 0.15) is 40.4 Å². The van der Waals surface area contributed by atoms with Crippen molar-refractivity contribution >= 4 is 5.78 Å². The highest BCUT2D eigenvalue weighted by molar-refractivity contribution is 6.02. The van der Waals surface area contributed by atoms with E-state index in [1.807, 2.05) is 24.3 Å². The largest absolute Gasteiger partial charge is 0.508 e. The van der Waals surface area contributed by atoms with Gasteiger partial charge in [0.25, 0.3) is 0 Å². The van der Waals surface area contributed by atoms with Gasteiger partial charge in [-0.25, -0.2) is 0 Å². The maximum absolute atomic E-state index is 13.1. The Hall–Kier alpha value is -3.71. The van der Waals surface area contributed by atoms with Crippen molar-refractivity contribution in [1.82, 2.24) is 0 Å². The Morgan fingerprint density at radius 2 is 1.72 bits per heavy atom. The van der Waals surface area contributed by atoms with Gasteiger partial charge in [-0.3, -0.25) is 4.79 Å². The number of benzene rings is 3. The monoisotopic (exact) mass is 436 g/mol. The number of hydrogen-bond donors (Lipinski definition) is 4. The van der Waals surface area contributed by atoms with Crippen molar-refractivity contribution in [2.45, 2.75) is 31.5 Å². The van der Waals surface area contributed by atoms with Crippen LogP contribution in [0.25, 0.3) is 0 Å². The van der Waals surface area contributed by atoms with E-state index in [1.54, 1.807) is 19.2 Å². The number of ether oxygens (including phenoxy) is 2. The molecule has 0 spiro atoms. The zero-order valence-electron chi connectivity index (χ0n) is 17.5. The normalized spacial score (nSPS) is 17.3. The van der Waals surface area contributed by atoms with Gasteiger partial charge in [0.2, 0.25) is 0 Å². The van der Waals surface area contributed by atoms with Gasteiger partial charge < -0.3 is 29.9 Å². The topological polar surface area (TPSA) is 116 Å². The first-order chi connectivity index (χ1) is 15.4. The van der Waals surface area contributed by atoms with Crippen LogP contribution in [0.4, 0.5) is 0 Å². The lowest BCUT2D eigenvalue weighted by atomic mass is 9.90. The zero-order valence-corrected chi connectivity index (χ0v) is 17.5. The number of carbonyl (C=O) groups excluding carboxylic acids is 1. The maximum atomic E-state index is 13.1. The SMILES string of the molecule is COc1ccc(CCC(=O)c2c(O)cc(O)c3c2OC(c2ccc(O)cc2)C(O)C3)cc1. The maximum Gasteiger partial charge on any atom is 0.170 e. The molecule has 4 N–H and O–H groups in total. The number of aromatic hydroxyl groups is 3. The van der Waals surface area contributed by atoms with E-state index in [1.165, 1.54) is 12.1 Å². The highest BCUT2D eigenvalue weighted by Crippen LogP contribution is 2.46. The summed E-state index contributed by atoms with van der Waals surface area (Å²) in [6.45, 7) is 0. The summed E-state index contributed by atoms with van der Waals surface area (Å²) in [7, 11) is 1.58. The lowest BCUT2D eigenvalue weighted by Crippen LogP contribution is -2.31. The highest BCUT2D eigenvalue weighted by atomic mass is 16.5. The van der Waals surface area contributed by atoms with Crippen LogP contribution in [0.1, 0.15) is 39.6 Å². The van der Waals surface area contributed by atoms with Gasteiger partial charge in [0.15, 0.2) is 5.78 Å². The summed E-state index contributed by atoms with van der Waals surface area (Å²) in [5.41, 5.74) is 1.80. The number of aliphatic hydroxyl groups excluding tert-OH is 1. The van der Waals surface area contributed by atoms with Crippen LogP contribution in [0.2, 0.25) is 0 Å². The second-order valence-electron chi connectivity index (χ2n) is 7.77. The molecule has 0 bridgehead atoms. The van der Waals surface area contributed by atoms with Gasteiger partial charge in [-0.2, -0.15) is 0 Å². The van der Waals surface area contributed by atoms with Crippen molar-refractivity contribution in [2.75, 3.05) is 7.11 Å². The molecule has 32 heavy (non-hydrogen) atoms. The number of aryl methyl sites for hydroxylation is 1. The van der Waals surface area contributed by atoms with E-state index in [4.69, 9.17) is 9.47 Å². The quantitative estimate of drug-likeness (QED) is 0.436. The number of methoxy groups -OCH3 is 1. The Morgan fingerprint density at radius 3 is 2.38 bits per heavy atom. The number of hydrogen-bond acceptors (Lipinski definition) is 7. The molecule has 0 aliphatic carbocycles. The Morgan fingerprint density at radius 1 is 1.03 bits per heavy atom. The van der Waals surface area contributed by atoms with E-state index in [-0.39, 0.29) is 52.7 Å². The fourth-order valence-electron chi connectivity index (χ4n) is 3.92. The lowest BCUT2D eigenvalue weighted by molar-refractivity contribution is 0.0190. The van der Waals surface area contributed by atoms with Crippen molar-refractivity contribution in [2.24, 2.45) is 0 Å². The van der Waals surface area contributed by atoms with E-state index in [0.29, 0.717) is 12.0 Å². The van der Waals surface area contributed by atoms with Crippen LogP contribution in [-0.4, -0.2) is 39.4 Å². The minimum atomic E-state index is -0.982. The molecular weight excluding hydrogens is 412 g/mol. The number of Topliss-reactive ketones (excluding diaryl/α,β-unsaturated/α-hetero) is 1. The van der Waals surface area contributed by atoms with Gasteiger partial charge in [-0.05, 0) is 41.8 Å². The molecule has 0 saturated heterocycles. The number of aliphatic hydroxyl groups is 1. The van der Waals surface area contributed by atoms with Gasteiger partial charge in [-0.1, -0.05) is 24.3 Å². The minimum Gasteiger partial charge on any atom is -0.508 e. The molecule has 2 unspecified atom stereocenters. The molecule has 2 atom stereocenters. The molecule has 0 amide bonds. The molecular formula is C25H24O7. The van der Waals surface area contributed by atoms with Gasteiger partial charge in [-0.15, -0.1) is 0 Å². The Bertz CT molecular complexity index is 1120. The average molecular weight is 436 g/mol. The molecule has 0 fully saturated rings. The third-order valence-electron chi connectivity index (χ3n) is 5.65. The molecule has 4 rings (SSSR count). The molecule has 166 valence electrons. The molecule has 0 saturated carbocycles. The van der Waals surface area contributed by atoms with E-state index >= 15 is 0 Å². The first kappa shape index (κ1) is 21.5. The van der Waals surface area contributed by atoms with Crippen LogP contribution < -0.4 is 9.47 Å². The van der Waals surface area contributed by atoms with Gasteiger partial charge in [0.05, 0.1) is 13.2 Å². The molecule has 7 nitrogen and oxygen atoms in total. The highest BCUT2D eigenvalue weighted by Gasteiger charge is 2.35. The summed E-state index contributed by atoms with van der Waals surface area (Å²) in [5, 5.41) is 40.9. The number of ketones is 1. The van der Waals surface area contributed by atoms with Crippen molar-refractivity contribution in [1.29, 1.82) is 0 Å². The molecule has 0 aromatic heterocycles. The fraction of sp³-hybridized carbons (Fsp3) is 0.240. The second-order valence-corrected chi connectivity index (χ2v) is 7.77. The van der Waals surface area contributed by atoms with Crippen LogP contribution in [0.3, 0.4) is 0 Å². The van der Waals surface area contributed by atoms with Gasteiger partial charge in [0, 0.05) is 24.5 Å². The summed E-state index contributed by atoms with van der Waals surface area (Å²) in [5.74, 6) is -0.0862. The third kappa shape index (κ3) is 4.20. The first-order valence-corrected chi connectivity index (χ1v) is 10.2. The van der Waals surface area contributed by atoms with Crippen molar-refractivity contribution < 1.29 is 34.7 Å². The predicted molar refractivity (Wildman–Crippen MR) is 117 cm³/mol. The van der Waals surface area contributed by atoms with E-state index < -0.39 is 12.2 Å². The van der Waals surface area contributed by atoms with Crippen molar-refractivity contribution in [3.63, 3.8) is 0 Å². The Balaban J connectivity index is 1.62. The predicted octanol–water partition coefficient (Wildman–Crippen LogP) is 3.66. The summed E-state index contributed by atoms with van der Waals surface area (Å²) >= 11 is 0. The van der Waals surface area contributed by atoms with Crippen molar-refractivity contribution in [3.8, 4) is 28.7 Å². The van der Waals surface area contributed by atoms with E-state index in [0.717, 1.165) is 17.4 Å². The average Bonchev–Trinajstić information content (AvgIpc) is 2.79.